The number of nitro groups is 1. The van der Waals surface area contributed by atoms with Crippen molar-refractivity contribution in [3.05, 3.63) is 56.3 Å². The minimum absolute atomic E-state index is 0.0480. The maximum Gasteiger partial charge on any atom is 0.292 e. The van der Waals surface area contributed by atoms with E-state index in [9.17, 15) is 15.2 Å². The first-order chi connectivity index (χ1) is 10.4. The van der Waals surface area contributed by atoms with Crippen molar-refractivity contribution in [2.24, 2.45) is 0 Å². The molecule has 1 atom stereocenters. The molecule has 1 aromatic heterocycles. The zero-order chi connectivity index (χ0) is 16.2. The number of nitrogens with zero attached hydrogens (tertiary/aromatic N) is 1. The highest BCUT2D eigenvalue weighted by Crippen LogP contribution is 2.26. The summed E-state index contributed by atoms with van der Waals surface area (Å²) in [5.41, 5.74) is 0.379. The van der Waals surface area contributed by atoms with Crippen LogP contribution in [0.15, 0.2) is 35.7 Å². The van der Waals surface area contributed by atoms with Crippen molar-refractivity contribution in [1.29, 1.82) is 0 Å². The summed E-state index contributed by atoms with van der Waals surface area (Å²) in [5.74, 6) is 0. The molecule has 0 aliphatic rings. The Morgan fingerprint density at radius 2 is 2.18 bits per heavy atom. The molecule has 0 radical (unpaired) electrons. The molecule has 2 rings (SSSR count). The van der Waals surface area contributed by atoms with Gasteiger partial charge in [0.25, 0.3) is 5.69 Å². The van der Waals surface area contributed by atoms with Crippen LogP contribution in [0.1, 0.15) is 17.4 Å². The largest absolute Gasteiger partial charge is 0.383 e. The smallest absolute Gasteiger partial charge is 0.292 e. The Hall–Kier alpha value is -1.96. The minimum atomic E-state index is -0.953. The highest BCUT2D eigenvalue weighted by Gasteiger charge is 2.23. The molecule has 1 heterocycles. The van der Waals surface area contributed by atoms with Gasteiger partial charge in [0, 0.05) is 31.1 Å². The number of thiophene rings is 1. The van der Waals surface area contributed by atoms with Gasteiger partial charge in [-0.3, -0.25) is 10.1 Å². The molecule has 3 N–H and O–H groups in total. The van der Waals surface area contributed by atoms with Crippen LogP contribution in [0, 0.1) is 10.1 Å². The molecule has 118 valence electrons. The molecule has 1 aromatic carbocycles. The molecule has 0 saturated carbocycles. The van der Waals surface area contributed by atoms with Crippen LogP contribution >= 0.6 is 11.3 Å². The lowest BCUT2D eigenvalue weighted by atomic mass is 10.1. The first-order valence-electron chi connectivity index (χ1n) is 6.86. The molecule has 0 bridgehead atoms. The molecule has 22 heavy (non-hydrogen) atoms. The summed E-state index contributed by atoms with van der Waals surface area (Å²) in [6.07, 6.45) is 0. The van der Waals surface area contributed by atoms with Crippen molar-refractivity contribution >= 4 is 22.7 Å². The third-order valence-corrected chi connectivity index (χ3v) is 4.50. The highest BCUT2D eigenvalue weighted by molar-refractivity contribution is 7.10. The fraction of sp³-hybridized carbons (Fsp3) is 0.333. The molecule has 6 nitrogen and oxygen atoms in total. The quantitative estimate of drug-likeness (QED) is 0.539. The van der Waals surface area contributed by atoms with Crippen molar-refractivity contribution < 1.29 is 10.0 Å². The van der Waals surface area contributed by atoms with Gasteiger partial charge in [0.2, 0.25) is 0 Å². The minimum Gasteiger partial charge on any atom is -0.383 e. The highest BCUT2D eigenvalue weighted by atomic mass is 32.1. The molecule has 0 aliphatic heterocycles. The van der Waals surface area contributed by atoms with Crippen LogP contribution in [0.4, 0.5) is 11.4 Å². The number of anilines is 1. The van der Waals surface area contributed by atoms with Gasteiger partial charge in [-0.1, -0.05) is 12.1 Å². The van der Waals surface area contributed by atoms with E-state index in [4.69, 9.17) is 0 Å². The van der Waals surface area contributed by atoms with E-state index < -0.39 is 10.5 Å². The van der Waals surface area contributed by atoms with Crippen LogP contribution in [0.5, 0.6) is 0 Å². The number of nitrogens with one attached hydrogen (secondary N) is 2. The molecule has 1 unspecified atom stereocenters. The second kappa shape index (κ2) is 6.87. The zero-order valence-corrected chi connectivity index (χ0v) is 13.3. The average molecular weight is 321 g/mol. The van der Waals surface area contributed by atoms with Gasteiger partial charge < -0.3 is 15.7 Å². The molecular weight excluding hydrogens is 302 g/mol. The van der Waals surface area contributed by atoms with Gasteiger partial charge in [0.05, 0.1) is 4.92 Å². The molecule has 0 spiro atoms. The van der Waals surface area contributed by atoms with E-state index in [0.717, 1.165) is 10.4 Å². The molecule has 0 fully saturated rings. The molecule has 0 aliphatic carbocycles. The number of hydrogen-bond donors (Lipinski definition) is 3. The summed E-state index contributed by atoms with van der Waals surface area (Å²) >= 11 is 1.50. The van der Waals surface area contributed by atoms with E-state index in [0.29, 0.717) is 18.8 Å². The number of nitro benzene ring substituents is 1. The summed E-state index contributed by atoms with van der Waals surface area (Å²) < 4.78 is 0. The topological polar surface area (TPSA) is 87.4 Å². The fourth-order valence-corrected chi connectivity index (χ4v) is 2.96. The lowest BCUT2D eigenvalue weighted by Crippen LogP contribution is -2.34. The van der Waals surface area contributed by atoms with Crippen LogP contribution in [0.25, 0.3) is 0 Å². The first-order valence-corrected chi connectivity index (χ1v) is 7.74. The van der Waals surface area contributed by atoms with Gasteiger partial charge in [0.1, 0.15) is 11.3 Å². The third kappa shape index (κ3) is 3.82. The van der Waals surface area contributed by atoms with Crippen LogP contribution < -0.4 is 10.6 Å². The van der Waals surface area contributed by atoms with E-state index >= 15 is 0 Å². The normalized spacial score (nSPS) is 13.6. The Morgan fingerprint density at radius 3 is 2.77 bits per heavy atom. The predicted octanol–water partition coefficient (Wildman–Crippen LogP) is 2.70. The van der Waals surface area contributed by atoms with Gasteiger partial charge in [-0.25, -0.2) is 0 Å². The van der Waals surface area contributed by atoms with Crippen molar-refractivity contribution in [2.45, 2.75) is 19.1 Å². The van der Waals surface area contributed by atoms with Gasteiger partial charge in [-0.15, -0.1) is 11.3 Å². The first kappa shape index (κ1) is 16.4. The Morgan fingerprint density at radius 1 is 1.41 bits per heavy atom. The second-order valence-corrected chi connectivity index (χ2v) is 6.16. The Bertz CT molecular complexity index is 641. The standard InChI is InChI=1S/C15H19N3O3S/c1-15(19,14-4-3-7-22-14)10-17-9-11-5-6-12(16-2)13(8-11)18(20)21/h3-8,16-17,19H,9-10H2,1-2H3. The number of benzene rings is 1. The Balaban J connectivity index is 2.00. The van der Waals surface area contributed by atoms with Crippen LogP contribution in [-0.4, -0.2) is 23.6 Å². The molecular formula is C15H19N3O3S. The predicted molar refractivity (Wildman–Crippen MR) is 88.2 cm³/mol. The summed E-state index contributed by atoms with van der Waals surface area (Å²) in [6.45, 7) is 2.57. The average Bonchev–Trinajstić information content (AvgIpc) is 3.02. The summed E-state index contributed by atoms with van der Waals surface area (Å²) in [6, 6.07) is 8.84. The van der Waals surface area contributed by atoms with Crippen LogP contribution in [0.2, 0.25) is 0 Å². The molecule has 0 amide bonds. The van der Waals surface area contributed by atoms with E-state index in [1.165, 1.54) is 11.3 Å². The van der Waals surface area contributed by atoms with Crippen molar-refractivity contribution in [2.75, 3.05) is 18.9 Å². The summed E-state index contributed by atoms with van der Waals surface area (Å²) in [4.78, 5) is 11.5. The number of rotatable bonds is 7. The number of aliphatic hydroxyl groups is 1. The lowest BCUT2D eigenvalue weighted by molar-refractivity contribution is -0.384. The van der Waals surface area contributed by atoms with Crippen LogP contribution in [-0.2, 0) is 12.1 Å². The summed E-state index contributed by atoms with van der Waals surface area (Å²) in [7, 11) is 1.65. The van der Waals surface area contributed by atoms with E-state index in [1.54, 1.807) is 26.1 Å². The molecule has 2 aromatic rings. The molecule has 0 saturated heterocycles. The van der Waals surface area contributed by atoms with Crippen molar-refractivity contribution in [3.63, 3.8) is 0 Å². The van der Waals surface area contributed by atoms with Crippen molar-refractivity contribution in [1.82, 2.24) is 5.32 Å². The van der Waals surface area contributed by atoms with Gasteiger partial charge >= 0.3 is 0 Å². The monoisotopic (exact) mass is 321 g/mol. The maximum atomic E-state index is 11.0. The Labute approximate surface area is 133 Å². The van der Waals surface area contributed by atoms with Crippen molar-refractivity contribution in [3.8, 4) is 0 Å². The van der Waals surface area contributed by atoms with Gasteiger partial charge in [0.15, 0.2) is 0 Å². The Kier molecular flexibility index (Phi) is 5.12. The summed E-state index contributed by atoms with van der Waals surface area (Å²) in [5, 5.41) is 29.3. The lowest BCUT2D eigenvalue weighted by Gasteiger charge is -2.22. The maximum absolute atomic E-state index is 11.0. The molecule has 7 heteroatoms. The zero-order valence-electron chi connectivity index (χ0n) is 12.5. The second-order valence-electron chi connectivity index (χ2n) is 5.21. The third-order valence-electron chi connectivity index (χ3n) is 3.38. The van der Waals surface area contributed by atoms with Gasteiger partial charge in [-0.05, 0) is 30.0 Å². The fourth-order valence-electron chi connectivity index (χ4n) is 2.17. The SMILES string of the molecule is CNc1ccc(CNCC(C)(O)c2cccs2)cc1[N+](=O)[O-]. The number of hydrogen-bond acceptors (Lipinski definition) is 6. The van der Waals surface area contributed by atoms with E-state index in [-0.39, 0.29) is 5.69 Å². The van der Waals surface area contributed by atoms with Crippen LogP contribution in [0.3, 0.4) is 0 Å². The van der Waals surface area contributed by atoms with Gasteiger partial charge in [-0.2, -0.15) is 0 Å². The van der Waals surface area contributed by atoms with E-state index in [1.807, 2.05) is 23.6 Å². The van der Waals surface area contributed by atoms with E-state index in [2.05, 4.69) is 10.6 Å².